The normalized spacial score (nSPS) is 12.0. The van der Waals surface area contributed by atoms with Crippen LogP contribution < -0.4 is 0 Å². The summed E-state index contributed by atoms with van der Waals surface area (Å²) < 4.78 is 82.9. The van der Waals surface area contributed by atoms with Gasteiger partial charge in [0.05, 0.1) is 72.7 Å². The Balaban J connectivity index is -0.000000312. The van der Waals surface area contributed by atoms with Crippen molar-refractivity contribution in [2.45, 2.75) is 229 Å². The molecule has 0 atom stereocenters. The Morgan fingerprint density at radius 3 is 0.798 bits per heavy atom. The molecule has 1 aliphatic rings. The van der Waals surface area contributed by atoms with E-state index in [0.717, 1.165) is 50.4 Å². The lowest BCUT2D eigenvalue weighted by atomic mass is 10.4. The fraction of sp³-hybridized carbons (Fsp3) is 0.658. The van der Waals surface area contributed by atoms with Crippen LogP contribution in [0.5, 0.6) is 0 Å². The quantitative estimate of drug-likeness (QED) is 0.0194. The minimum absolute atomic E-state index is 0.0473. The molecule has 0 spiro atoms. The molecule has 114 heavy (non-hydrogen) atoms. The van der Waals surface area contributed by atoms with E-state index in [9.17, 15) is 43.2 Å². The Morgan fingerprint density at radius 1 is 0.368 bits per heavy atom. The van der Waals surface area contributed by atoms with Crippen LogP contribution in [-0.2, 0) is 111 Å². The van der Waals surface area contributed by atoms with Gasteiger partial charge >= 0.3 is 50.6 Å². The zero-order chi connectivity index (χ0) is 90.1. The smallest absolute Gasteiger partial charge is 0.462 e. The fourth-order valence-corrected chi connectivity index (χ4v) is 40.2. The molecule has 35 heteroatoms. The monoisotopic (exact) mass is 1750 g/mol. The number of aliphatic hydroxyl groups is 1. The second-order valence-corrected chi connectivity index (χ2v) is 67.5. The van der Waals surface area contributed by atoms with Crippen molar-refractivity contribution in [1.29, 1.82) is 0 Å². The number of likely N-dealkylation sites (tertiary alicyclic amines) is 1. The van der Waals surface area contributed by atoms with E-state index >= 15 is 0 Å². The molecule has 0 aliphatic carbocycles. The van der Waals surface area contributed by atoms with Gasteiger partial charge in [0.25, 0.3) is 0 Å². The predicted molar refractivity (Wildman–Crippen MR) is 475 cm³/mol. The van der Waals surface area contributed by atoms with Crippen LogP contribution in [0.1, 0.15) is 87.0 Å². The van der Waals surface area contributed by atoms with Gasteiger partial charge in [0.1, 0.15) is 19.8 Å². The molecule has 0 aromatic carbocycles. The van der Waals surface area contributed by atoms with Gasteiger partial charge in [-0.3, -0.25) is 9.59 Å². The molecule has 1 heterocycles. The van der Waals surface area contributed by atoms with Crippen molar-refractivity contribution in [1.82, 2.24) is 9.80 Å². The molecule has 1 rings (SSSR count). The van der Waals surface area contributed by atoms with Gasteiger partial charge in [-0.2, -0.15) is 0 Å². The maximum absolute atomic E-state index is 11.6. The van der Waals surface area contributed by atoms with Crippen LogP contribution in [0.15, 0.2) is 110 Å². The molecule has 1 fully saturated rings. The van der Waals surface area contributed by atoms with Crippen LogP contribution in [0.4, 0.5) is 0 Å². The zero-order valence-corrected chi connectivity index (χ0v) is 83.3. The van der Waals surface area contributed by atoms with Gasteiger partial charge in [-0.1, -0.05) is 59.2 Å². The molecule has 2 amide bonds. The maximum Gasteiger partial charge on any atom is 0.469 e. The Bertz CT molecular complexity index is 2880. The van der Waals surface area contributed by atoms with Crippen LogP contribution in [0.2, 0.25) is 142 Å². The molecule has 0 aromatic heterocycles. The third-order valence-corrected chi connectivity index (χ3v) is 39.0. The number of esters is 7. The SMILES string of the molecule is C=C(C)C(=O)OCCC[Si](C)(C)O[Si](C)(C)C.C=C(C)C(=O)OCCC[Si](C)(C)O[Si](C)(C)CCCOC(=O)C(=C)C.C=C(C)C(=O)OCCC[Si](O[Si](C)(C)C)(O[Si](C)(C)C)O[Si](C)(C)C.C=C(C)C(=O)OCCO.C=C(C)C(=O)OCCOCCOCCOCCOC(=O)C(=C)C.C=CC(=O)N(C)C.C=CN1CCCC1=O. The average Bonchev–Trinajstić information content (AvgIpc) is 0.856. The minimum atomic E-state index is -2.83. The summed E-state index contributed by atoms with van der Waals surface area (Å²) in [6.45, 7) is 87.1. The summed E-state index contributed by atoms with van der Waals surface area (Å²) in [7, 11) is -11.7. The summed E-state index contributed by atoms with van der Waals surface area (Å²) in [5.41, 5.74) is 2.80. The number of hydrogen-bond donors (Lipinski definition) is 1. The number of likely N-dealkylation sites (N-methyl/N-ethyl adjacent to an activating group) is 1. The number of nitrogens with zero attached hydrogens (tertiary/aromatic N) is 2. The largest absolute Gasteiger partial charge is 0.469 e. The first-order chi connectivity index (χ1) is 52.0. The number of carbonyl (C=O) groups is 9. The molecular formula is C79H152N2O25Si8. The summed E-state index contributed by atoms with van der Waals surface area (Å²) in [6.07, 6.45) is 7.72. The lowest BCUT2D eigenvalue weighted by molar-refractivity contribution is -0.141. The second kappa shape index (κ2) is 63.4. The van der Waals surface area contributed by atoms with Crippen molar-refractivity contribution in [3.05, 3.63) is 110 Å². The molecule has 1 saturated heterocycles. The molecule has 0 radical (unpaired) electrons. The third-order valence-electron chi connectivity index (χ3n) is 13.2. The van der Waals surface area contributed by atoms with Crippen LogP contribution >= 0.6 is 0 Å². The zero-order valence-electron chi connectivity index (χ0n) is 75.3. The van der Waals surface area contributed by atoms with Gasteiger partial charge in [-0.25, -0.2) is 33.6 Å². The molecular weight excluding hydrogens is 1600 g/mol. The number of rotatable bonds is 49. The van der Waals surface area contributed by atoms with E-state index in [0.29, 0.717) is 124 Å². The highest BCUT2D eigenvalue weighted by Gasteiger charge is 2.49. The predicted octanol–water partition coefficient (Wildman–Crippen LogP) is 15.4. The van der Waals surface area contributed by atoms with E-state index in [2.05, 4.69) is 182 Å². The third kappa shape index (κ3) is 78.8. The first-order valence-electron chi connectivity index (χ1n) is 38.4. The van der Waals surface area contributed by atoms with Crippen LogP contribution in [0, 0.1) is 0 Å². The van der Waals surface area contributed by atoms with E-state index in [1.165, 1.54) is 11.0 Å². The molecule has 1 aliphatic heterocycles. The summed E-state index contributed by atoms with van der Waals surface area (Å²) >= 11 is 0. The number of ether oxygens (including phenoxy) is 10. The summed E-state index contributed by atoms with van der Waals surface area (Å²) in [6, 6.07) is 3.59. The van der Waals surface area contributed by atoms with E-state index < -0.39 is 84.9 Å². The first kappa shape index (κ1) is 119. The van der Waals surface area contributed by atoms with Gasteiger partial charge in [0, 0.05) is 72.1 Å². The van der Waals surface area contributed by atoms with E-state index in [1.54, 1.807) is 73.7 Å². The van der Waals surface area contributed by atoms with E-state index in [1.807, 2.05) is 0 Å². The average molecular weight is 1750 g/mol. The molecule has 0 bridgehead atoms. The number of carbonyl (C=O) groups excluding carboxylic acids is 9. The Morgan fingerprint density at radius 2 is 0.605 bits per heavy atom. The van der Waals surface area contributed by atoms with Crippen LogP contribution in [-0.4, -0.2) is 249 Å². The van der Waals surface area contributed by atoms with Gasteiger partial charge in [-0.15, -0.1) is 0 Å². The highest BCUT2D eigenvalue weighted by molar-refractivity contribution is 6.90. The van der Waals surface area contributed by atoms with Crippen LogP contribution in [0.3, 0.4) is 0 Å². The van der Waals surface area contributed by atoms with Crippen molar-refractivity contribution in [2.75, 3.05) is 113 Å². The lowest BCUT2D eigenvalue weighted by Crippen LogP contribution is -2.60. The molecule has 0 unspecified atom stereocenters. The summed E-state index contributed by atoms with van der Waals surface area (Å²) in [5.74, 6) is -2.46. The van der Waals surface area contributed by atoms with Gasteiger partial charge in [0.2, 0.25) is 11.8 Å². The maximum atomic E-state index is 11.6. The number of aliphatic hydroxyl groups excluding tert-OH is 1. The van der Waals surface area contributed by atoms with Crippen molar-refractivity contribution in [2.24, 2.45) is 0 Å². The van der Waals surface area contributed by atoms with Gasteiger partial charge < -0.3 is 82.9 Å². The number of amides is 2. The summed E-state index contributed by atoms with van der Waals surface area (Å²) in [4.78, 5) is 102. The highest BCUT2D eigenvalue weighted by atomic mass is 28.5. The molecule has 27 nitrogen and oxygen atoms in total. The minimum Gasteiger partial charge on any atom is -0.462 e. The van der Waals surface area contributed by atoms with Crippen molar-refractivity contribution in [3.63, 3.8) is 0 Å². The topological polar surface area (TPSA) is 319 Å². The van der Waals surface area contributed by atoms with Gasteiger partial charge in [-0.05, 0) is 229 Å². The van der Waals surface area contributed by atoms with Crippen molar-refractivity contribution < 1.29 is 116 Å². The Hall–Kier alpha value is -5.73. The standard InChI is InChI=1S/C18H34O5Si2.C16H26O7.C16H38O5Si4.C12H26O3Si2.C6H9NO.C6H10O3.C5H9NO/c1-15(2)17(19)21-11-9-13-24(5,6)23-25(7,8)14-10-12-22-18(20)16(3)4;1-13(2)15(17)22-11-9-20-7-5-19-6-8-21-10-12-23-16(18)14(3)4;1-15(2)16(17)18-13-12-14-25(19-22(3,4)5,20-23(6,7)8)21-24(9,10)11;1-11(2)12(13)14-9-8-10-17(6,7)15-16(3,4)5;1-2-7-5-3-4-6(7)8;1-5(2)6(8)9-4-3-7;1-4-5(7)6(2)3/h1,3,9-14H2,2,4-8H3;1,3,5-12H2,2,4H3;1,12-14H2,2-11H3;1,8-10H2,2-7H3;2H,1,3-5H2;7H,1,3-4H2,2H3;4H,1H2,2-3H3. The van der Waals surface area contributed by atoms with E-state index in [4.69, 9.17) is 68.3 Å². The Kier molecular flexibility index (Phi) is 66.2. The van der Waals surface area contributed by atoms with Crippen LogP contribution in [0.25, 0.3) is 0 Å². The summed E-state index contributed by atoms with van der Waals surface area (Å²) in [5, 5.41) is 8.19. The van der Waals surface area contributed by atoms with Crippen molar-refractivity contribution >= 4 is 121 Å². The Labute approximate surface area is 695 Å². The lowest BCUT2D eigenvalue weighted by Gasteiger charge is -2.42. The van der Waals surface area contributed by atoms with Crippen molar-refractivity contribution in [3.8, 4) is 0 Å². The highest BCUT2D eigenvalue weighted by Crippen LogP contribution is 2.31. The molecule has 0 aromatic rings. The number of hydrogen-bond acceptors (Lipinski definition) is 25. The van der Waals surface area contributed by atoms with E-state index in [-0.39, 0.29) is 62.1 Å². The van der Waals surface area contributed by atoms with Gasteiger partial charge in [0.15, 0.2) is 58.2 Å². The second-order valence-electron chi connectivity index (χ2n) is 32.6. The molecule has 660 valence electrons. The molecule has 0 saturated carbocycles. The fourth-order valence-electron chi connectivity index (χ4n) is 8.76. The molecule has 1 N–H and O–H groups in total. The first-order valence-corrected chi connectivity index (χ1v) is 63.3.